The van der Waals surface area contributed by atoms with Crippen molar-refractivity contribution in [2.45, 2.75) is 271 Å². The first-order valence-corrected chi connectivity index (χ1v) is 29.4. The van der Waals surface area contributed by atoms with E-state index in [4.69, 9.17) is 14.2 Å². The second kappa shape index (κ2) is 58.6. The highest BCUT2D eigenvalue weighted by atomic mass is 16.6. The predicted molar refractivity (Wildman–Crippen MR) is 307 cm³/mol. The first kappa shape index (κ1) is 67.1. The number of carbonyl (C=O) groups is 3. The second-order valence-electron chi connectivity index (χ2n) is 19.1. The summed E-state index contributed by atoms with van der Waals surface area (Å²) in [7, 11) is 0. The molecule has 0 aliphatic rings. The normalized spacial score (nSPS) is 12.9. The van der Waals surface area contributed by atoms with Gasteiger partial charge in [0.15, 0.2) is 6.10 Å². The molecular weight excluding hydrogens is 877 g/mol. The van der Waals surface area contributed by atoms with Crippen LogP contribution in [0.5, 0.6) is 0 Å². The highest BCUT2D eigenvalue weighted by molar-refractivity contribution is 5.71. The lowest BCUT2D eigenvalue weighted by atomic mass is 10.1. The zero-order chi connectivity index (χ0) is 51.4. The number of hydrogen-bond donors (Lipinski definition) is 0. The van der Waals surface area contributed by atoms with Gasteiger partial charge in [-0.25, -0.2) is 0 Å². The number of allylic oxidation sites excluding steroid dienone is 18. The Morgan fingerprint density at radius 3 is 0.873 bits per heavy atom. The maximum absolute atomic E-state index is 12.9. The third-order valence-electron chi connectivity index (χ3n) is 12.2. The quantitative estimate of drug-likeness (QED) is 0.0261. The molecule has 71 heavy (non-hydrogen) atoms. The summed E-state index contributed by atoms with van der Waals surface area (Å²) in [6.45, 7) is 6.37. The van der Waals surface area contributed by atoms with Crippen LogP contribution in [0.4, 0.5) is 0 Å². The van der Waals surface area contributed by atoms with E-state index in [9.17, 15) is 14.4 Å². The van der Waals surface area contributed by atoms with Crippen molar-refractivity contribution in [2.75, 3.05) is 13.2 Å². The summed E-state index contributed by atoms with van der Waals surface area (Å²) in [4.78, 5) is 38.2. The third-order valence-corrected chi connectivity index (χ3v) is 12.2. The topological polar surface area (TPSA) is 78.9 Å². The van der Waals surface area contributed by atoms with Gasteiger partial charge in [-0.3, -0.25) is 14.4 Å². The van der Waals surface area contributed by atoms with Crippen molar-refractivity contribution >= 4 is 17.9 Å². The maximum atomic E-state index is 12.9. The van der Waals surface area contributed by atoms with E-state index in [0.717, 1.165) is 128 Å². The van der Waals surface area contributed by atoms with Gasteiger partial charge >= 0.3 is 17.9 Å². The van der Waals surface area contributed by atoms with Crippen molar-refractivity contribution in [1.82, 2.24) is 0 Å². The summed E-state index contributed by atoms with van der Waals surface area (Å²) in [5.74, 6) is -0.929. The van der Waals surface area contributed by atoms with Gasteiger partial charge < -0.3 is 14.2 Å². The van der Waals surface area contributed by atoms with E-state index in [-0.39, 0.29) is 31.1 Å². The summed E-state index contributed by atoms with van der Waals surface area (Å²) in [5, 5.41) is 0. The Morgan fingerprint density at radius 2 is 0.549 bits per heavy atom. The first-order chi connectivity index (χ1) is 35.0. The minimum atomic E-state index is -0.798. The predicted octanol–water partition coefficient (Wildman–Crippen LogP) is 19.9. The maximum Gasteiger partial charge on any atom is 0.306 e. The van der Waals surface area contributed by atoms with Crippen molar-refractivity contribution in [2.24, 2.45) is 0 Å². The van der Waals surface area contributed by atoms with Gasteiger partial charge in [-0.2, -0.15) is 0 Å². The van der Waals surface area contributed by atoms with Crippen LogP contribution in [0, 0.1) is 0 Å². The molecule has 6 nitrogen and oxygen atoms in total. The molecule has 0 aromatic carbocycles. The molecule has 0 fully saturated rings. The zero-order valence-electron chi connectivity index (χ0n) is 46.2. The third kappa shape index (κ3) is 56.9. The summed E-state index contributed by atoms with van der Waals surface area (Å²) >= 11 is 0. The van der Waals surface area contributed by atoms with Crippen LogP contribution in [0.1, 0.15) is 265 Å². The molecule has 0 aromatic heterocycles. The number of rotatable bonds is 52. The molecule has 0 bridgehead atoms. The van der Waals surface area contributed by atoms with E-state index in [1.54, 1.807) is 0 Å². The molecule has 0 heterocycles. The molecule has 6 heteroatoms. The van der Waals surface area contributed by atoms with Crippen molar-refractivity contribution in [3.63, 3.8) is 0 Å². The van der Waals surface area contributed by atoms with E-state index in [0.29, 0.717) is 19.3 Å². The lowest BCUT2D eigenvalue weighted by Gasteiger charge is -2.18. The van der Waals surface area contributed by atoms with E-state index in [1.807, 2.05) is 0 Å². The Labute approximate surface area is 438 Å². The van der Waals surface area contributed by atoms with E-state index in [1.165, 1.54) is 96.3 Å². The van der Waals surface area contributed by atoms with Crippen LogP contribution in [0.15, 0.2) is 109 Å². The van der Waals surface area contributed by atoms with Gasteiger partial charge in [-0.1, -0.05) is 233 Å². The van der Waals surface area contributed by atoms with Gasteiger partial charge in [-0.05, 0) is 122 Å². The van der Waals surface area contributed by atoms with E-state index < -0.39 is 6.10 Å². The smallest absolute Gasteiger partial charge is 0.306 e. The van der Waals surface area contributed by atoms with Crippen molar-refractivity contribution in [3.8, 4) is 0 Å². The fourth-order valence-electron chi connectivity index (χ4n) is 7.89. The molecule has 404 valence electrons. The van der Waals surface area contributed by atoms with Crippen molar-refractivity contribution in [3.05, 3.63) is 109 Å². The Morgan fingerprint density at radius 1 is 0.296 bits per heavy atom. The number of unbranched alkanes of at least 4 members (excludes halogenated alkanes) is 23. The number of esters is 3. The molecule has 0 aromatic rings. The molecule has 1 atom stereocenters. The molecule has 0 radical (unpaired) electrons. The first-order valence-electron chi connectivity index (χ1n) is 29.4. The van der Waals surface area contributed by atoms with Crippen LogP contribution in [0.3, 0.4) is 0 Å². The Kier molecular flexibility index (Phi) is 55.4. The monoisotopic (exact) mass is 985 g/mol. The van der Waals surface area contributed by atoms with Crippen LogP contribution < -0.4 is 0 Å². The summed E-state index contributed by atoms with van der Waals surface area (Å²) in [6, 6.07) is 0. The van der Waals surface area contributed by atoms with Gasteiger partial charge in [0.25, 0.3) is 0 Å². The van der Waals surface area contributed by atoms with Crippen molar-refractivity contribution in [1.29, 1.82) is 0 Å². The van der Waals surface area contributed by atoms with Crippen LogP contribution in [0.2, 0.25) is 0 Å². The Balaban J connectivity index is 4.39. The van der Waals surface area contributed by atoms with Crippen LogP contribution >= 0.6 is 0 Å². The highest BCUT2D eigenvalue weighted by Crippen LogP contribution is 2.15. The molecule has 0 N–H and O–H groups in total. The molecule has 1 unspecified atom stereocenters. The minimum Gasteiger partial charge on any atom is -0.462 e. The number of hydrogen-bond acceptors (Lipinski definition) is 6. The van der Waals surface area contributed by atoms with Gasteiger partial charge in [0.2, 0.25) is 0 Å². The number of carbonyl (C=O) groups excluding carboxylic acids is 3. The molecule has 0 aliphatic heterocycles. The number of ether oxygens (including phenoxy) is 3. The molecule has 0 saturated carbocycles. The van der Waals surface area contributed by atoms with E-state index in [2.05, 4.69) is 130 Å². The Hall–Kier alpha value is -3.93. The summed E-state index contributed by atoms with van der Waals surface area (Å²) in [6.07, 6.45) is 79.4. The van der Waals surface area contributed by atoms with Gasteiger partial charge in [-0.15, -0.1) is 0 Å². The average molecular weight is 986 g/mol. The highest BCUT2D eigenvalue weighted by Gasteiger charge is 2.19. The minimum absolute atomic E-state index is 0.0939. The largest absolute Gasteiger partial charge is 0.462 e. The fraction of sp³-hybridized carbons (Fsp3) is 0.677. The molecule has 0 amide bonds. The van der Waals surface area contributed by atoms with Gasteiger partial charge in [0.1, 0.15) is 13.2 Å². The van der Waals surface area contributed by atoms with Gasteiger partial charge in [0.05, 0.1) is 0 Å². The zero-order valence-corrected chi connectivity index (χ0v) is 46.2. The molecular formula is C65H108O6. The lowest BCUT2D eigenvalue weighted by Crippen LogP contribution is -2.30. The summed E-state index contributed by atoms with van der Waals surface area (Å²) in [5.41, 5.74) is 0. The lowest BCUT2D eigenvalue weighted by molar-refractivity contribution is -0.167. The fourth-order valence-corrected chi connectivity index (χ4v) is 7.89. The SMILES string of the molecule is CC/C=C\C/C=C\C/C=C\C/C=C\CCCCCCCCCCCCC(=O)OCC(COC(=O)CCCCCCC/C=C\CCCCCC)OC(=O)CCCCCC/C=C\C/C=C\C/C=C\C/C=C\CC. The summed E-state index contributed by atoms with van der Waals surface area (Å²) < 4.78 is 16.9. The molecule has 0 aliphatic carbocycles. The van der Waals surface area contributed by atoms with E-state index >= 15 is 0 Å². The molecule has 0 saturated heterocycles. The van der Waals surface area contributed by atoms with Crippen LogP contribution in [-0.4, -0.2) is 37.2 Å². The average Bonchev–Trinajstić information content (AvgIpc) is 3.37. The van der Waals surface area contributed by atoms with Crippen LogP contribution in [-0.2, 0) is 28.6 Å². The van der Waals surface area contributed by atoms with Crippen LogP contribution in [0.25, 0.3) is 0 Å². The standard InChI is InChI=1S/C65H108O6/c1-4-7-10-13-16-19-22-25-27-29-30-31-32-33-34-36-37-40-43-46-49-52-55-58-64(67)70-61-62(60-69-63(66)57-54-51-48-45-42-39-24-21-18-15-12-9-6-3)71-65(68)59-56-53-50-47-44-41-38-35-28-26-23-20-17-14-11-8-5-2/h7-8,10-11,16-17,19-21,24-28,30-31,38,41,62H,4-6,9,12-15,18,22-23,29,32-37,39-40,42-61H2,1-3H3/b10-7-,11-8-,19-16-,20-17-,24-21-,27-25-,28-26-,31-30-,41-38-. The van der Waals surface area contributed by atoms with Crippen molar-refractivity contribution < 1.29 is 28.6 Å². The van der Waals surface area contributed by atoms with Gasteiger partial charge in [0, 0.05) is 19.3 Å². The molecule has 0 spiro atoms. The Bertz CT molecular complexity index is 1460. The molecule has 0 rings (SSSR count). The second-order valence-corrected chi connectivity index (χ2v) is 19.1.